The van der Waals surface area contributed by atoms with Crippen molar-refractivity contribution in [2.45, 2.75) is 6.61 Å². The van der Waals surface area contributed by atoms with Gasteiger partial charge in [0, 0.05) is 6.07 Å². The summed E-state index contributed by atoms with van der Waals surface area (Å²) < 4.78 is 11.0. The molecule has 1 N–H and O–H groups in total. The molecule has 0 saturated heterocycles. The van der Waals surface area contributed by atoms with Crippen LogP contribution in [0.2, 0.25) is 5.02 Å². The number of phenols is 1. The number of nitrogens with zero attached hydrogens (tertiary/aromatic N) is 1. The molecule has 4 nitrogen and oxygen atoms in total. The highest BCUT2D eigenvalue weighted by atomic mass is 35.5. The number of ether oxygens (including phenoxy) is 1. The van der Waals surface area contributed by atoms with E-state index in [2.05, 4.69) is 4.98 Å². The molecule has 0 aliphatic carbocycles. The van der Waals surface area contributed by atoms with Gasteiger partial charge in [0.1, 0.15) is 17.0 Å². The van der Waals surface area contributed by atoms with Gasteiger partial charge >= 0.3 is 0 Å². The van der Waals surface area contributed by atoms with E-state index < -0.39 is 0 Å². The second kappa shape index (κ2) is 4.82. The van der Waals surface area contributed by atoms with Crippen molar-refractivity contribution in [3.8, 4) is 11.5 Å². The van der Waals surface area contributed by atoms with Gasteiger partial charge in [-0.1, -0.05) is 23.7 Å². The van der Waals surface area contributed by atoms with Gasteiger partial charge in [0.05, 0.1) is 5.02 Å². The number of halogens is 1. The van der Waals surface area contributed by atoms with Gasteiger partial charge in [-0.05, 0) is 24.3 Å². The predicted molar refractivity (Wildman–Crippen MR) is 71.5 cm³/mol. The molecule has 5 heteroatoms. The Morgan fingerprint density at radius 3 is 2.89 bits per heavy atom. The van der Waals surface area contributed by atoms with Crippen molar-refractivity contribution in [1.29, 1.82) is 0 Å². The number of phenolic OH excluding ortho intramolecular Hbond substituents is 1. The van der Waals surface area contributed by atoms with E-state index in [1.165, 1.54) is 6.07 Å². The Morgan fingerprint density at radius 2 is 2.05 bits per heavy atom. The van der Waals surface area contributed by atoms with Crippen LogP contribution in [0.3, 0.4) is 0 Å². The lowest BCUT2D eigenvalue weighted by molar-refractivity contribution is 0.267. The van der Waals surface area contributed by atoms with Crippen molar-refractivity contribution in [3.63, 3.8) is 0 Å². The van der Waals surface area contributed by atoms with Gasteiger partial charge < -0.3 is 14.3 Å². The fourth-order valence-electron chi connectivity index (χ4n) is 1.73. The highest BCUT2D eigenvalue weighted by molar-refractivity contribution is 6.32. The molecule has 0 radical (unpaired) electrons. The second-order valence-electron chi connectivity index (χ2n) is 3.98. The maximum atomic E-state index is 9.35. The summed E-state index contributed by atoms with van der Waals surface area (Å²) in [6.07, 6.45) is 0. The average molecular weight is 276 g/mol. The number of fused-ring (bicyclic) bond motifs is 1. The van der Waals surface area contributed by atoms with Crippen molar-refractivity contribution >= 4 is 22.7 Å². The smallest absolute Gasteiger partial charge is 0.233 e. The van der Waals surface area contributed by atoms with Gasteiger partial charge in [-0.25, -0.2) is 4.98 Å². The Balaban J connectivity index is 1.80. The Hall–Kier alpha value is -2.20. The molecule has 3 rings (SSSR count). The number of aromatic nitrogens is 1. The maximum absolute atomic E-state index is 9.35. The van der Waals surface area contributed by atoms with Crippen LogP contribution in [-0.4, -0.2) is 10.1 Å². The number of rotatable bonds is 3. The quantitative estimate of drug-likeness (QED) is 0.790. The molecule has 0 fully saturated rings. The fourth-order valence-corrected chi connectivity index (χ4v) is 1.92. The summed E-state index contributed by atoms with van der Waals surface area (Å²) in [5.74, 6) is 1.16. The lowest BCUT2D eigenvalue weighted by Crippen LogP contribution is -1.95. The molecule has 2 aromatic carbocycles. The van der Waals surface area contributed by atoms with E-state index >= 15 is 0 Å². The van der Waals surface area contributed by atoms with E-state index in [9.17, 15) is 5.11 Å². The molecule has 0 aliphatic heterocycles. The Bertz CT molecular complexity index is 724. The molecule has 1 heterocycles. The average Bonchev–Trinajstić information content (AvgIpc) is 2.79. The Labute approximate surface area is 114 Å². The van der Waals surface area contributed by atoms with Crippen molar-refractivity contribution in [2.24, 2.45) is 0 Å². The van der Waals surface area contributed by atoms with Crippen molar-refractivity contribution in [3.05, 3.63) is 53.4 Å². The zero-order valence-corrected chi connectivity index (χ0v) is 10.6. The number of para-hydroxylation sites is 1. The monoisotopic (exact) mass is 275 g/mol. The molecule has 96 valence electrons. The summed E-state index contributed by atoms with van der Waals surface area (Å²) in [6, 6.07) is 11.9. The molecular formula is C14H10ClNO3. The van der Waals surface area contributed by atoms with Crippen LogP contribution in [0.5, 0.6) is 11.5 Å². The zero-order valence-electron chi connectivity index (χ0n) is 9.84. The van der Waals surface area contributed by atoms with E-state index in [0.717, 1.165) is 0 Å². The molecule has 0 atom stereocenters. The normalized spacial score (nSPS) is 10.8. The molecule has 0 amide bonds. The minimum Gasteiger partial charge on any atom is -0.508 e. The summed E-state index contributed by atoms with van der Waals surface area (Å²) in [7, 11) is 0. The van der Waals surface area contributed by atoms with Crippen LogP contribution >= 0.6 is 11.6 Å². The van der Waals surface area contributed by atoms with Gasteiger partial charge in [-0.15, -0.1) is 0 Å². The summed E-state index contributed by atoms with van der Waals surface area (Å²) in [6.45, 7) is 0.180. The number of aromatic hydroxyl groups is 1. The molecule has 0 aliphatic rings. The minimum atomic E-state index is 0.152. The molecule has 0 spiro atoms. The standard InChI is InChI=1S/C14H10ClNO3/c15-10-3-1-2-4-12(10)18-8-14-16-11-7-9(17)5-6-13(11)19-14/h1-7,17H,8H2. The zero-order chi connectivity index (χ0) is 13.2. The molecular weight excluding hydrogens is 266 g/mol. The van der Waals surface area contributed by atoms with Crippen molar-refractivity contribution < 1.29 is 14.3 Å². The van der Waals surface area contributed by atoms with Crippen LogP contribution in [0.1, 0.15) is 5.89 Å². The minimum absolute atomic E-state index is 0.152. The topological polar surface area (TPSA) is 55.5 Å². The third kappa shape index (κ3) is 2.48. The van der Waals surface area contributed by atoms with Crippen LogP contribution in [0.15, 0.2) is 46.9 Å². The maximum Gasteiger partial charge on any atom is 0.233 e. The van der Waals surface area contributed by atoms with E-state index in [1.807, 2.05) is 12.1 Å². The number of hydrogen-bond donors (Lipinski definition) is 1. The van der Waals surface area contributed by atoms with Crippen LogP contribution < -0.4 is 4.74 Å². The van der Waals surface area contributed by atoms with E-state index in [4.69, 9.17) is 20.8 Å². The second-order valence-corrected chi connectivity index (χ2v) is 4.39. The van der Waals surface area contributed by atoms with Gasteiger partial charge in [-0.2, -0.15) is 0 Å². The van der Waals surface area contributed by atoms with E-state index in [-0.39, 0.29) is 12.4 Å². The molecule has 0 unspecified atom stereocenters. The molecule has 3 aromatic rings. The van der Waals surface area contributed by atoms with Crippen molar-refractivity contribution in [2.75, 3.05) is 0 Å². The lowest BCUT2D eigenvalue weighted by Gasteiger charge is -2.04. The number of benzene rings is 2. The third-order valence-electron chi connectivity index (χ3n) is 2.60. The van der Waals surface area contributed by atoms with Gasteiger partial charge in [0.2, 0.25) is 5.89 Å². The predicted octanol–water partition coefficient (Wildman–Crippen LogP) is 3.77. The molecule has 1 aromatic heterocycles. The first-order valence-corrected chi connectivity index (χ1v) is 6.06. The first kappa shape index (κ1) is 11.9. The first-order chi connectivity index (χ1) is 9.22. The van der Waals surface area contributed by atoms with Gasteiger partial charge in [0.25, 0.3) is 0 Å². The largest absolute Gasteiger partial charge is 0.508 e. The van der Waals surface area contributed by atoms with Crippen LogP contribution in [0.4, 0.5) is 0 Å². The number of oxazole rings is 1. The van der Waals surface area contributed by atoms with Crippen molar-refractivity contribution in [1.82, 2.24) is 4.98 Å². The summed E-state index contributed by atoms with van der Waals surface area (Å²) in [5.41, 5.74) is 1.20. The molecule has 0 bridgehead atoms. The van der Waals surface area contributed by atoms with Crippen LogP contribution in [0, 0.1) is 0 Å². The fraction of sp³-hybridized carbons (Fsp3) is 0.0714. The van der Waals surface area contributed by atoms with Gasteiger partial charge in [0.15, 0.2) is 12.2 Å². The number of hydrogen-bond acceptors (Lipinski definition) is 4. The van der Waals surface area contributed by atoms with Crippen LogP contribution in [0.25, 0.3) is 11.1 Å². The van der Waals surface area contributed by atoms with E-state index in [0.29, 0.717) is 27.8 Å². The molecule has 0 saturated carbocycles. The third-order valence-corrected chi connectivity index (χ3v) is 2.92. The highest BCUT2D eigenvalue weighted by Crippen LogP contribution is 2.25. The van der Waals surface area contributed by atoms with Gasteiger partial charge in [-0.3, -0.25) is 0 Å². The molecule has 19 heavy (non-hydrogen) atoms. The SMILES string of the molecule is Oc1ccc2oc(COc3ccccc3Cl)nc2c1. The Kier molecular flexibility index (Phi) is 3.01. The summed E-state index contributed by atoms with van der Waals surface area (Å²) >= 11 is 5.98. The highest BCUT2D eigenvalue weighted by Gasteiger charge is 2.08. The summed E-state index contributed by atoms with van der Waals surface area (Å²) in [5, 5.41) is 9.89. The first-order valence-electron chi connectivity index (χ1n) is 5.68. The Morgan fingerprint density at radius 1 is 1.21 bits per heavy atom. The summed E-state index contributed by atoms with van der Waals surface area (Å²) in [4.78, 5) is 4.22. The lowest BCUT2D eigenvalue weighted by atomic mass is 10.3. The van der Waals surface area contributed by atoms with Crippen LogP contribution in [-0.2, 0) is 6.61 Å². The van der Waals surface area contributed by atoms with E-state index in [1.54, 1.807) is 24.3 Å².